The molecule has 12 rings (SSSR count). The number of furan rings is 2. The Labute approximate surface area is 361 Å². The second-order valence-electron chi connectivity index (χ2n) is 17.4. The molecule has 7 aromatic carbocycles. The maximum absolute atomic E-state index is 6.30. The lowest BCUT2D eigenvalue weighted by atomic mass is 9.65. The molecule has 1 aliphatic carbocycles. The maximum Gasteiger partial charge on any atom is 0.174 e. The fraction of sp³-hybridized carbons (Fsp3) is 0.123. The Bertz CT molecular complexity index is 3220. The van der Waals surface area contributed by atoms with Gasteiger partial charge in [0.05, 0.1) is 40.3 Å². The Hall–Kier alpha value is -7.50. The minimum atomic E-state index is -0.683. The van der Waals surface area contributed by atoms with Crippen molar-refractivity contribution in [3.8, 4) is 17.2 Å². The van der Waals surface area contributed by atoms with E-state index >= 15 is 0 Å². The highest BCUT2D eigenvalue weighted by Crippen LogP contribution is 2.64. The van der Waals surface area contributed by atoms with Crippen molar-refractivity contribution in [2.45, 2.75) is 44.9 Å². The average Bonchev–Trinajstić information content (AvgIpc) is 4.10. The number of aromatic nitrogens is 1. The summed E-state index contributed by atoms with van der Waals surface area (Å²) in [7, 11) is 0. The van der Waals surface area contributed by atoms with E-state index in [0.717, 1.165) is 73.5 Å². The highest BCUT2D eigenvalue weighted by molar-refractivity contribution is 6.12. The zero-order chi connectivity index (χ0) is 41.7. The van der Waals surface area contributed by atoms with Crippen LogP contribution in [0.3, 0.4) is 0 Å². The Balaban J connectivity index is 1.14. The zero-order valence-electron chi connectivity index (χ0n) is 35.2. The monoisotopic (exact) mass is 803 g/mol. The molecule has 62 heavy (non-hydrogen) atoms. The topological polar surface area (TPSA) is 37.7 Å². The fourth-order valence-electron chi connectivity index (χ4n) is 10.4. The molecular weight excluding hydrogens is 759 g/mol. The van der Waals surface area contributed by atoms with Crippen molar-refractivity contribution in [3.63, 3.8) is 0 Å². The molecule has 300 valence electrons. The molecule has 0 saturated heterocycles. The fourth-order valence-corrected chi connectivity index (χ4v) is 10.4. The third-order valence-electron chi connectivity index (χ3n) is 13.3. The molecule has 10 aromatic rings. The number of anilines is 6. The van der Waals surface area contributed by atoms with E-state index in [-0.39, 0.29) is 0 Å². The van der Waals surface area contributed by atoms with Gasteiger partial charge in [-0.05, 0) is 125 Å². The third-order valence-corrected chi connectivity index (χ3v) is 13.3. The Morgan fingerprint density at radius 1 is 0.435 bits per heavy atom. The van der Waals surface area contributed by atoms with E-state index in [1.165, 1.54) is 33.0 Å². The van der Waals surface area contributed by atoms with Gasteiger partial charge < -0.3 is 23.2 Å². The second-order valence-corrected chi connectivity index (χ2v) is 17.4. The number of hydrogen-bond donors (Lipinski definition) is 0. The van der Waals surface area contributed by atoms with Gasteiger partial charge in [0.2, 0.25) is 0 Å². The lowest BCUT2D eigenvalue weighted by Gasteiger charge is -2.44. The quantitative estimate of drug-likeness (QED) is 0.161. The first-order valence-electron chi connectivity index (χ1n) is 21.7. The van der Waals surface area contributed by atoms with Crippen LogP contribution in [-0.2, 0) is 5.41 Å². The summed E-state index contributed by atoms with van der Waals surface area (Å²) in [6, 6.07) is 64.7. The first-order valence-corrected chi connectivity index (χ1v) is 21.7. The Morgan fingerprint density at radius 3 is 1.69 bits per heavy atom. The van der Waals surface area contributed by atoms with Crippen LogP contribution in [0.15, 0.2) is 197 Å². The number of fused-ring (bicyclic) bond motifs is 12. The maximum atomic E-state index is 6.30. The van der Waals surface area contributed by atoms with Crippen molar-refractivity contribution >= 4 is 55.9 Å². The van der Waals surface area contributed by atoms with Gasteiger partial charge in [0.1, 0.15) is 0 Å². The zero-order valence-corrected chi connectivity index (χ0v) is 35.2. The second kappa shape index (κ2) is 13.8. The van der Waals surface area contributed by atoms with Gasteiger partial charge in [-0.1, -0.05) is 113 Å². The molecule has 0 saturated carbocycles. The largest absolute Gasteiger partial charge is 0.461 e. The minimum Gasteiger partial charge on any atom is -0.461 e. The van der Waals surface area contributed by atoms with Crippen molar-refractivity contribution in [2.24, 2.45) is 0 Å². The first kappa shape index (κ1) is 36.4. The molecule has 5 heteroatoms. The Morgan fingerprint density at radius 2 is 1.03 bits per heavy atom. The van der Waals surface area contributed by atoms with Gasteiger partial charge >= 0.3 is 0 Å². The van der Waals surface area contributed by atoms with Crippen molar-refractivity contribution in [2.75, 3.05) is 9.80 Å². The van der Waals surface area contributed by atoms with Gasteiger partial charge in [-0.25, -0.2) is 0 Å². The van der Waals surface area contributed by atoms with Gasteiger partial charge in [0.15, 0.2) is 11.5 Å². The van der Waals surface area contributed by atoms with E-state index in [0.29, 0.717) is 11.8 Å². The summed E-state index contributed by atoms with van der Waals surface area (Å²) in [6.45, 7) is 9.00. The van der Waals surface area contributed by atoms with Crippen LogP contribution in [0.1, 0.15) is 72.9 Å². The summed E-state index contributed by atoms with van der Waals surface area (Å²) in [5, 5.41) is 2.40. The highest BCUT2D eigenvalue weighted by Gasteiger charge is 2.55. The normalized spacial score (nSPS) is 13.5. The van der Waals surface area contributed by atoms with Crippen molar-refractivity contribution in [1.82, 2.24) is 4.57 Å². The molecule has 4 heterocycles. The predicted octanol–water partition coefficient (Wildman–Crippen LogP) is 15.8. The van der Waals surface area contributed by atoms with E-state index in [9.17, 15) is 0 Å². The number of para-hydroxylation sites is 3. The first-order chi connectivity index (χ1) is 30.4. The molecule has 0 fully saturated rings. The van der Waals surface area contributed by atoms with Crippen LogP contribution < -0.4 is 9.80 Å². The number of benzene rings is 7. The van der Waals surface area contributed by atoms with E-state index in [1.807, 2.05) is 12.5 Å². The molecule has 0 bridgehead atoms. The molecular formula is C57H45N3O2. The van der Waals surface area contributed by atoms with Gasteiger partial charge in [-0.15, -0.1) is 0 Å². The van der Waals surface area contributed by atoms with Crippen molar-refractivity contribution in [1.29, 1.82) is 0 Å². The van der Waals surface area contributed by atoms with Crippen LogP contribution in [0.2, 0.25) is 0 Å². The summed E-state index contributed by atoms with van der Waals surface area (Å²) >= 11 is 0. The highest BCUT2D eigenvalue weighted by atomic mass is 16.4. The summed E-state index contributed by atoms with van der Waals surface area (Å²) in [5.41, 5.74) is 16.5. The molecule has 0 amide bonds. The summed E-state index contributed by atoms with van der Waals surface area (Å²) in [4.78, 5) is 4.87. The minimum absolute atomic E-state index is 0.442. The third kappa shape index (κ3) is 5.15. The molecule has 1 spiro atoms. The average molecular weight is 804 g/mol. The van der Waals surface area contributed by atoms with E-state index in [2.05, 4.69) is 218 Å². The number of nitrogens with zero attached hydrogens (tertiary/aromatic N) is 3. The van der Waals surface area contributed by atoms with Crippen LogP contribution >= 0.6 is 0 Å². The van der Waals surface area contributed by atoms with Crippen molar-refractivity contribution in [3.05, 3.63) is 222 Å². The predicted molar refractivity (Wildman–Crippen MR) is 254 cm³/mol. The molecule has 1 aliphatic heterocycles. The number of hydrogen-bond acceptors (Lipinski definition) is 4. The smallest absolute Gasteiger partial charge is 0.174 e. The van der Waals surface area contributed by atoms with Crippen LogP contribution in [0, 0.1) is 0 Å². The van der Waals surface area contributed by atoms with Crippen LogP contribution in [0.25, 0.3) is 39.0 Å². The molecule has 0 N–H and O–H groups in total. The molecule has 3 aromatic heterocycles. The lowest BCUT2D eigenvalue weighted by Crippen LogP contribution is -2.36. The lowest BCUT2D eigenvalue weighted by molar-refractivity contribution is 0.525. The van der Waals surface area contributed by atoms with E-state index in [1.54, 1.807) is 0 Å². The van der Waals surface area contributed by atoms with Crippen molar-refractivity contribution < 1.29 is 8.83 Å². The van der Waals surface area contributed by atoms with Gasteiger partial charge in [-0.2, -0.15) is 0 Å². The molecule has 2 aliphatic rings. The van der Waals surface area contributed by atoms with Crippen LogP contribution in [-0.4, -0.2) is 4.57 Å². The van der Waals surface area contributed by atoms with Gasteiger partial charge in [-0.3, -0.25) is 0 Å². The van der Waals surface area contributed by atoms with E-state index in [4.69, 9.17) is 8.83 Å². The Kier molecular flexibility index (Phi) is 8.07. The van der Waals surface area contributed by atoms with Gasteiger partial charge in [0, 0.05) is 50.3 Å². The summed E-state index contributed by atoms with van der Waals surface area (Å²) in [6.07, 6.45) is 3.62. The standard InChI is InChI=1S/C57H45N3O2/c1-36(2)38-21-25-41(26-22-38)58(42-27-23-39(24-28-42)37(3)4)43-15-12-16-44(33-43)60-52-20-11-9-18-47(52)57(48-29-31-61-55(48)56-49(57)30-32-62-56)50-34-46-45-17-8-10-19-51(45)59(53(46)35-54(50)60)40-13-6-5-7-14-40/h5-37H,1-4H3. The molecule has 5 nitrogen and oxygen atoms in total. The van der Waals surface area contributed by atoms with Crippen LogP contribution in [0.5, 0.6) is 0 Å². The summed E-state index contributed by atoms with van der Waals surface area (Å²) < 4.78 is 15.0. The number of rotatable bonds is 7. The SMILES string of the molecule is CC(C)c1ccc(N(c2ccc(C(C)C)cc2)c2cccc(N3c4ccccc4C4(c5cc6c7ccccc7n(-c7ccccc7)c6cc53)c3ccoc3-c3occc34)c2)cc1. The van der Waals surface area contributed by atoms with E-state index < -0.39 is 5.41 Å². The summed E-state index contributed by atoms with van der Waals surface area (Å²) in [5.74, 6) is 2.46. The molecule has 0 radical (unpaired) electrons. The van der Waals surface area contributed by atoms with Crippen LogP contribution in [0.4, 0.5) is 34.1 Å². The molecule has 0 atom stereocenters. The molecule has 0 unspecified atom stereocenters. The van der Waals surface area contributed by atoms with Gasteiger partial charge in [0.25, 0.3) is 0 Å².